The summed E-state index contributed by atoms with van der Waals surface area (Å²) in [5.74, 6) is -1.72. The maximum Gasteiger partial charge on any atom is 0.335 e. The second-order valence-corrected chi connectivity index (χ2v) is 5.69. The molecular weight excluding hydrogens is 364 g/mol. The average Bonchev–Trinajstić information content (AvgIpc) is 2.62. The number of aliphatic hydroxyl groups excluding tert-OH is 8. The molecule has 1 rings (SSSR count). The molecule has 1 fully saturated rings. The molecule has 13 nitrogen and oxygen atoms in total. The Morgan fingerprint density at radius 2 is 1.62 bits per heavy atom. The van der Waals surface area contributed by atoms with Crippen molar-refractivity contribution in [3.63, 3.8) is 0 Å². The monoisotopic (exact) mass is 386 g/mol. The van der Waals surface area contributed by atoms with Gasteiger partial charge in [0.05, 0.1) is 6.61 Å². The van der Waals surface area contributed by atoms with Gasteiger partial charge in [0.15, 0.2) is 18.7 Å². The Bertz CT molecular complexity index is 473. The third kappa shape index (κ3) is 4.92. The number of hydrogen-bond acceptors (Lipinski definition) is 12. The van der Waals surface area contributed by atoms with Gasteiger partial charge in [-0.25, -0.2) is 4.79 Å². The van der Waals surface area contributed by atoms with Crippen LogP contribution in [0.3, 0.4) is 0 Å². The van der Waals surface area contributed by atoms with Crippen LogP contribution in [0, 0.1) is 0 Å². The van der Waals surface area contributed by atoms with Gasteiger partial charge in [0.2, 0.25) is 0 Å². The van der Waals surface area contributed by atoms with Gasteiger partial charge >= 0.3 is 5.97 Å². The van der Waals surface area contributed by atoms with E-state index in [1.165, 1.54) is 0 Å². The second-order valence-electron chi connectivity index (χ2n) is 5.69. The van der Waals surface area contributed by atoms with Crippen molar-refractivity contribution in [1.82, 2.24) is 0 Å². The lowest BCUT2D eigenvalue weighted by atomic mass is 9.97. The molecule has 9 N–H and O–H groups in total. The average molecular weight is 386 g/mol. The van der Waals surface area contributed by atoms with Crippen LogP contribution in [0.1, 0.15) is 0 Å². The third-order valence-corrected chi connectivity index (χ3v) is 3.85. The zero-order valence-corrected chi connectivity index (χ0v) is 13.2. The minimum absolute atomic E-state index is 0.129. The summed E-state index contributed by atoms with van der Waals surface area (Å²) in [6.07, 6.45) is -20.8. The largest absolute Gasteiger partial charge is 0.479 e. The van der Waals surface area contributed by atoms with Crippen LogP contribution in [0.15, 0.2) is 0 Å². The summed E-state index contributed by atoms with van der Waals surface area (Å²) in [6.45, 7) is -1.02. The lowest BCUT2D eigenvalue weighted by Crippen LogP contribution is -2.63. The first kappa shape index (κ1) is 22.8. The fourth-order valence-electron chi connectivity index (χ4n) is 2.28. The van der Waals surface area contributed by atoms with E-state index in [4.69, 9.17) is 19.7 Å². The summed E-state index contributed by atoms with van der Waals surface area (Å²) in [7, 11) is 0. The van der Waals surface area contributed by atoms with Gasteiger partial charge in [0.1, 0.15) is 48.8 Å². The lowest BCUT2D eigenvalue weighted by molar-refractivity contribution is -0.322. The Kier molecular flexibility index (Phi) is 8.42. The SMILES string of the molecule is O=C[C@@H](O)[C@@H](O)[C@@H](O[C@H]1O[C@H](C(=O)O)[C@H](O)[C@H](O)[C@H]1O)[C@H](O)[C@@H](O)CO. The number of ether oxygens (including phenoxy) is 2. The van der Waals surface area contributed by atoms with Gasteiger partial charge in [0.25, 0.3) is 0 Å². The number of aliphatic carboxylic acids is 1. The van der Waals surface area contributed by atoms with Crippen molar-refractivity contribution in [2.75, 3.05) is 6.61 Å². The molecule has 1 saturated heterocycles. The van der Waals surface area contributed by atoms with E-state index in [2.05, 4.69) is 0 Å². The zero-order valence-electron chi connectivity index (χ0n) is 13.2. The van der Waals surface area contributed by atoms with Crippen LogP contribution in [0.5, 0.6) is 0 Å². The van der Waals surface area contributed by atoms with Crippen molar-refractivity contribution in [3.8, 4) is 0 Å². The first-order valence-corrected chi connectivity index (χ1v) is 7.43. The number of carbonyl (C=O) groups is 2. The Labute approximate surface area is 146 Å². The number of carbonyl (C=O) groups excluding carboxylic acids is 1. The molecule has 0 aromatic rings. The van der Waals surface area contributed by atoms with Crippen molar-refractivity contribution in [2.24, 2.45) is 0 Å². The molecule has 152 valence electrons. The molecule has 1 heterocycles. The first-order chi connectivity index (χ1) is 12.1. The second kappa shape index (κ2) is 9.61. The van der Waals surface area contributed by atoms with Gasteiger partial charge in [0, 0.05) is 0 Å². The highest BCUT2D eigenvalue weighted by atomic mass is 16.7. The molecule has 0 saturated carbocycles. The predicted molar refractivity (Wildman–Crippen MR) is 76.4 cm³/mol. The molecule has 0 spiro atoms. The Morgan fingerprint density at radius 3 is 2.08 bits per heavy atom. The van der Waals surface area contributed by atoms with Crippen LogP contribution in [-0.4, -0.2) is 126 Å². The van der Waals surface area contributed by atoms with Gasteiger partial charge in [-0.3, -0.25) is 0 Å². The van der Waals surface area contributed by atoms with Crippen LogP contribution in [-0.2, 0) is 19.1 Å². The van der Waals surface area contributed by atoms with Crippen LogP contribution in [0.4, 0.5) is 0 Å². The summed E-state index contributed by atoms with van der Waals surface area (Å²) >= 11 is 0. The Morgan fingerprint density at radius 1 is 1.04 bits per heavy atom. The smallest absolute Gasteiger partial charge is 0.335 e. The molecule has 1 aliphatic heterocycles. The molecule has 0 unspecified atom stereocenters. The van der Waals surface area contributed by atoms with E-state index >= 15 is 0 Å². The van der Waals surface area contributed by atoms with Gasteiger partial charge < -0.3 is 60.2 Å². The maximum atomic E-state index is 11.0. The van der Waals surface area contributed by atoms with E-state index in [9.17, 15) is 45.3 Å². The van der Waals surface area contributed by atoms with E-state index in [1.807, 2.05) is 0 Å². The summed E-state index contributed by atoms with van der Waals surface area (Å²) in [4.78, 5) is 21.6. The van der Waals surface area contributed by atoms with Crippen LogP contribution < -0.4 is 0 Å². The minimum atomic E-state index is -2.19. The fraction of sp³-hybridized carbons (Fsp3) is 0.846. The van der Waals surface area contributed by atoms with E-state index < -0.39 is 73.8 Å². The number of aliphatic hydroxyl groups is 8. The summed E-state index contributed by atoms with van der Waals surface area (Å²) in [5, 5.41) is 85.6. The van der Waals surface area contributed by atoms with Crippen LogP contribution in [0.2, 0.25) is 0 Å². The zero-order chi connectivity index (χ0) is 20.2. The molecular formula is C13H22O13. The van der Waals surface area contributed by atoms with E-state index in [0.717, 1.165) is 0 Å². The number of carboxylic acid groups (broad SMARTS) is 1. The van der Waals surface area contributed by atoms with Crippen molar-refractivity contribution < 1.29 is 65.0 Å². The highest BCUT2D eigenvalue weighted by Crippen LogP contribution is 2.25. The Balaban J connectivity index is 3.07. The van der Waals surface area contributed by atoms with E-state index in [0.29, 0.717) is 0 Å². The van der Waals surface area contributed by atoms with Crippen molar-refractivity contribution in [1.29, 1.82) is 0 Å². The van der Waals surface area contributed by atoms with Crippen molar-refractivity contribution >= 4 is 12.3 Å². The third-order valence-electron chi connectivity index (χ3n) is 3.85. The Hall–Kier alpha value is -1.26. The van der Waals surface area contributed by atoms with Crippen LogP contribution in [0.25, 0.3) is 0 Å². The maximum absolute atomic E-state index is 11.0. The highest BCUT2D eigenvalue weighted by molar-refractivity contribution is 5.73. The minimum Gasteiger partial charge on any atom is -0.479 e. The normalized spacial score (nSPS) is 35.2. The summed E-state index contributed by atoms with van der Waals surface area (Å²) in [5.41, 5.74) is 0. The molecule has 0 radical (unpaired) electrons. The fourth-order valence-corrected chi connectivity index (χ4v) is 2.28. The van der Waals surface area contributed by atoms with Crippen LogP contribution >= 0.6 is 0 Å². The van der Waals surface area contributed by atoms with Gasteiger partial charge in [-0.2, -0.15) is 0 Å². The quantitative estimate of drug-likeness (QED) is 0.168. The van der Waals surface area contributed by atoms with Crippen molar-refractivity contribution in [2.45, 2.75) is 61.2 Å². The lowest BCUT2D eigenvalue weighted by Gasteiger charge is -2.41. The number of rotatable bonds is 9. The molecule has 0 aromatic carbocycles. The molecule has 0 amide bonds. The molecule has 0 aromatic heterocycles. The van der Waals surface area contributed by atoms with Gasteiger partial charge in [-0.1, -0.05) is 0 Å². The molecule has 10 atom stereocenters. The summed E-state index contributed by atoms with van der Waals surface area (Å²) in [6, 6.07) is 0. The topological polar surface area (TPSA) is 235 Å². The van der Waals surface area contributed by atoms with Gasteiger partial charge in [-0.15, -0.1) is 0 Å². The highest BCUT2D eigenvalue weighted by Gasteiger charge is 2.50. The summed E-state index contributed by atoms with van der Waals surface area (Å²) < 4.78 is 9.76. The van der Waals surface area contributed by atoms with Gasteiger partial charge in [-0.05, 0) is 0 Å². The first-order valence-electron chi connectivity index (χ1n) is 7.43. The molecule has 0 bridgehead atoms. The molecule has 1 aliphatic rings. The molecule has 0 aliphatic carbocycles. The molecule has 13 heteroatoms. The number of carboxylic acids is 1. The van der Waals surface area contributed by atoms with E-state index in [-0.39, 0.29) is 6.29 Å². The van der Waals surface area contributed by atoms with E-state index in [1.54, 1.807) is 0 Å². The standard InChI is InChI=1S/C13H22O13/c14-1-3(16)5(18)10(6(19)4(17)2-15)25-13-9(22)7(20)8(21)11(26-13)12(23)24/h1,3-11,13,15-22H,2H2,(H,23,24)/t3-,4+,5-,6-,7+,8-,9-,10-,11+,13+/m1/s1. The number of hydrogen-bond donors (Lipinski definition) is 9. The van der Waals surface area contributed by atoms with Crippen molar-refractivity contribution in [3.05, 3.63) is 0 Å². The molecule has 26 heavy (non-hydrogen) atoms. The predicted octanol–water partition coefficient (Wildman–Crippen LogP) is -6.10. The number of aldehydes is 1.